The molecule has 23 heavy (non-hydrogen) atoms. The normalized spacial score (nSPS) is 10.2. The molecule has 5 heteroatoms. The highest BCUT2D eigenvalue weighted by molar-refractivity contribution is 6.07. The molecule has 4 N–H and O–H groups in total. The van der Waals surface area contributed by atoms with Gasteiger partial charge in [0, 0.05) is 18.5 Å². The number of rotatable bonds is 5. The van der Waals surface area contributed by atoms with E-state index in [1.54, 1.807) is 18.2 Å². The molecule has 0 aliphatic rings. The molecule has 0 aliphatic heterocycles. The van der Waals surface area contributed by atoms with E-state index in [0.29, 0.717) is 16.9 Å². The van der Waals surface area contributed by atoms with E-state index in [-0.39, 0.29) is 24.8 Å². The molecule has 120 valence electrons. The summed E-state index contributed by atoms with van der Waals surface area (Å²) >= 11 is 0. The Bertz CT molecular complexity index is 709. The maximum atomic E-state index is 12.3. The summed E-state index contributed by atoms with van der Waals surface area (Å²) in [4.78, 5) is 24.1. The van der Waals surface area contributed by atoms with E-state index in [9.17, 15) is 9.59 Å². The molecule has 0 bridgehead atoms. The second-order valence-corrected chi connectivity index (χ2v) is 5.46. The van der Waals surface area contributed by atoms with E-state index in [1.807, 2.05) is 38.1 Å². The second kappa shape index (κ2) is 7.56. The first-order valence-electron chi connectivity index (χ1n) is 7.48. The molecule has 0 atom stereocenters. The minimum absolute atomic E-state index is 0.177. The smallest absolute Gasteiger partial charge is 0.255 e. The molecule has 0 aliphatic carbocycles. The molecule has 2 amide bonds. The van der Waals surface area contributed by atoms with Crippen molar-refractivity contribution in [2.24, 2.45) is 5.73 Å². The zero-order valence-electron chi connectivity index (χ0n) is 13.3. The van der Waals surface area contributed by atoms with Crippen molar-refractivity contribution in [2.45, 2.75) is 20.3 Å². The van der Waals surface area contributed by atoms with Crippen LogP contribution in [0.25, 0.3) is 0 Å². The van der Waals surface area contributed by atoms with Crippen molar-refractivity contribution in [2.75, 3.05) is 17.2 Å². The Kier molecular flexibility index (Phi) is 5.49. The number of benzene rings is 2. The van der Waals surface area contributed by atoms with Gasteiger partial charge in [0.15, 0.2) is 0 Å². The van der Waals surface area contributed by atoms with Gasteiger partial charge >= 0.3 is 0 Å². The molecule has 0 fully saturated rings. The predicted octanol–water partition coefficient (Wildman–Crippen LogP) is 2.84. The molecule has 0 spiro atoms. The minimum atomic E-state index is -0.219. The summed E-state index contributed by atoms with van der Waals surface area (Å²) in [6, 6.07) is 12.8. The Morgan fingerprint density at radius 1 is 0.913 bits per heavy atom. The third-order valence-corrected chi connectivity index (χ3v) is 3.38. The largest absolute Gasteiger partial charge is 0.330 e. The Morgan fingerprint density at radius 3 is 2.22 bits per heavy atom. The lowest BCUT2D eigenvalue weighted by Gasteiger charge is -2.13. The lowest BCUT2D eigenvalue weighted by molar-refractivity contribution is -0.116. The van der Waals surface area contributed by atoms with Crippen molar-refractivity contribution in [3.63, 3.8) is 0 Å². The molecule has 0 radical (unpaired) electrons. The zero-order valence-corrected chi connectivity index (χ0v) is 13.3. The first-order valence-corrected chi connectivity index (χ1v) is 7.48. The summed E-state index contributed by atoms with van der Waals surface area (Å²) in [5.41, 5.74) is 9.17. The van der Waals surface area contributed by atoms with E-state index in [0.717, 1.165) is 11.1 Å². The van der Waals surface area contributed by atoms with Gasteiger partial charge in [0.2, 0.25) is 5.91 Å². The van der Waals surface area contributed by atoms with Crippen molar-refractivity contribution in [1.29, 1.82) is 0 Å². The standard InChI is InChI=1S/C18H21N3O2/c1-12-3-6-14(7-4-12)18(23)21-15-8-5-13(2)11-16(15)20-17(22)9-10-19/h3-8,11H,9-10,19H2,1-2H3,(H,20,22)(H,21,23). The lowest BCUT2D eigenvalue weighted by atomic mass is 10.1. The minimum Gasteiger partial charge on any atom is -0.330 e. The average Bonchev–Trinajstić information content (AvgIpc) is 2.50. The third-order valence-electron chi connectivity index (χ3n) is 3.38. The van der Waals surface area contributed by atoms with Crippen molar-refractivity contribution in [3.8, 4) is 0 Å². The quantitative estimate of drug-likeness (QED) is 0.794. The van der Waals surface area contributed by atoms with Crippen LogP contribution >= 0.6 is 0 Å². The van der Waals surface area contributed by atoms with Crippen molar-refractivity contribution in [1.82, 2.24) is 0 Å². The summed E-state index contributed by atoms with van der Waals surface area (Å²) in [5.74, 6) is -0.396. The van der Waals surface area contributed by atoms with Gasteiger partial charge in [-0.15, -0.1) is 0 Å². The average molecular weight is 311 g/mol. The van der Waals surface area contributed by atoms with Crippen LogP contribution in [0.15, 0.2) is 42.5 Å². The number of hydrogen-bond acceptors (Lipinski definition) is 3. The fraction of sp³-hybridized carbons (Fsp3) is 0.222. The van der Waals surface area contributed by atoms with E-state index >= 15 is 0 Å². The summed E-state index contributed by atoms with van der Waals surface area (Å²) < 4.78 is 0. The molecule has 0 unspecified atom stereocenters. The van der Waals surface area contributed by atoms with Gasteiger partial charge in [-0.05, 0) is 43.7 Å². The van der Waals surface area contributed by atoms with Crippen LogP contribution in [0.2, 0.25) is 0 Å². The van der Waals surface area contributed by atoms with Gasteiger partial charge in [0.1, 0.15) is 0 Å². The molecule has 0 aromatic heterocycles. The Hall–Kier alpha value is -2.66. The Balaban J connectivity index is 2.19. The maximum absolute atomic E-state index is 12.3. The summed E-state index contributed by atoms with van der Waals surface area (Å²) in [5, 5.41) is 5.62. The van der Waals surface area contributed by atoms with E-state index in [2.05, 4.69) is 10.6 Å². The number of nitrogens with one attached hydrogen (secondary N) is 2. The number of amides is 2. The van der Waals surface area contributed by atoms with E-state index < -0.39 is 0 Å². The summed E-state index contributed by atoms with van der Waals surface area (Å²) in [6.07, 6.45) is 0.235. The maximum Gasteiger partial charge on any atom is 0.255 e. The molecule has 2 aromatic carbocycles. The molecule has 2 aromatic rings. The van der Waals surface area contributed by atoms with Crippen LogP contribution in [0.1, 0.15) is 27.9 Å². The summed E-state index contributed by atoms with van der Waals surface area (Å²) in [7, 11) is 0. The van der Waals surface area contributed by atoms with Crippen LogP contribution < -0.4 is 16.4 Å². The molecule has 0 heterocycles. The van der Waals surface area contributed by atoms with Gasteiger partial charge in [-0.2, -0.15) is 0 Å². The number of anilines is 2. The van der Waals surface area contributed by atoms with Gasteiger partial charge in [0.05, 0.1) is 11.4 Å². The van der Waals surface area contributed by atoms with Gasteiger partial charge in [0.25, 0.3) is 5.91 Å². The Morgan fingerprint density at radius 2 is 1.57 bits per heavy atom. The van der Waals surface area contributed by atoms with Crippen molar-refractivity contribution in [3.05, 3.63) is 59.2 Å². The lowest BCUT2D eigenvalue weighted by Crippen LogP contribution is -2.19. The molecule has 2 rings (SSSR count). The van der Waals surface area contributed by atoms with Gasteiger partial charge in [-0.3, -0.25) is 9.59 Å². The number of carbonyl (C=O) groups excluding carboxylic acids is 2. The highest BCUT2D eigenvalue weighted by Crippen LogP contribution is 2.24. The highest BCUT2D eigenvalue weighted by atomic mass is 16.2. The van der Waals surface area contributed by atoms with E-state index in [1.165, 1.54) is 0 Å². The first kappa shape index (κ1) is 16.7. The van der Waals surface area contributed by atoms with Crippen LogP contribution in [0.5, 0.6) is 0 Å². The van der Waals surface area contributed by atoms with Crippen LogP contribution in [0.3, 0.4) is 0 Å². The van der Waals surface area contributed by atoms with Crippen molar-refractivity contribution < 1.29 is 9.59 Å². The Labute approximate surface area is 135 Å². The predicted molar refractivity (Wildman–Crippen MR) is 92.6 cm³/mol. The van der Waals surface area contributed by atoms with Crippen LogP contribution in [0, 0.1) is 13.8 Å². The third kappa shape index (κ3) is 4.66. The fourth-order valence-corrected chi connectivity index (χ4v) is 2.11. The number of hydrogen-bond donors (Lipinski definition) is 3. The topological polar surface area (TPSA) is 84.2 Å². The molecular weight excluding hydrogens is 290 g/mol. The first-order chi connectivity index (χ1) is 11.0. The van der Waals surface area contributed by atoms with Crippen molar-refractivity contribution >= 4 is 23.2 Å². The summed E-state index contributed by atoms with van der Waals surface area (Å²) in [6.45, 7) is 4.17. The SMILES string of the molecule is Cc1ccc(C(=O)Nc2ccc(C)cc2NC(=O)CCN)cc1. The van der Waals surface area contributed by atoms with Crippen LogP contribution in [0.4, 0.5) is 11.4 Å². The van der Waals surface area contributed by atoms with Crippen LogP contribution in [-0.2, 0) is 4.79 Å². The van der Waals surface area contributed by atoms with E-state index in [4.69, 9.17) is 5.73 Å². The van der Waals surface area contributed by atoms with Crippen LogP contribution in [-0.4, -0.2) is 18.4 Å². The monoisotopic (exact) mass is 311 g/mol. The van der Waals surface area contributed by atoms with Gasteiger partial charge < -0.3 is 16.4 Å². The van der Waals surface area contributed by atoms with Gasteiger partial charge in [-0.25, -0.2) is 0 Å². The fourth-order valence-electron chi connectivity index (χ4n) is 2.11. The van der Waals surface area contributed by atoms with Gasteiger partial charge in [-0.1, -0.05) is 23.8 Å². The zero-order chi connectivity index (χ0) is 16.8. The number of aryl methyl sites for hydroxylation is 2. The highest BCUT2D eigenvalue weighted by Gasteiger charge is 2.11. The molecule has 0 saturated heterocycles. The number of carbonyl (C=O) groups is 2. The molecular formula is C18H21N3O2. The second-order valence-electron chi connectivity index (χ2n) is 5.46. The number of nitrogens with two attached hydrogens (primary N) is 1. The molecule has 0 saturated carbocycles. The molecule has 5 nitrogen and oxygen atoms in total.